The van der Waals surface area contributed by atoms with Crippen molar-refractivity contribution in [2.45, 2.75) is 32.2 Å². The van der Waals surface area contributed by atoms with Crippen molar-refractivity contribution in [3.05, 3.63) is 105 Å². The Labute approximate surface area is 207 Å². The van der Waals surface area contributed by atoms with Crippen LogP contribution in [-0.2, 0) is 15.0 Å². The molecule has 4 rings (SSSR count). The van der Waals surface area contributed by atoms with Gasteiger partial charge in [-0.05, 0) is 46.9 Å². The average molecular weight is 498 g/mol. The molecule has 1 atom stereocenters. The number of hydrogen-bond donors (Lipinski definition) is 1. The minimum atomic E-state index is -0.950. The number of nitrogens with zero attached hydrogens (tertiary/aromatic N) is 1. The zero-order valence-corrected chi connectivity index (χ0v) is 20.3. The Bertz CT molecular complexity index is 1330. The minimum Gasteiger partial charge on any atom is -0.507 e. The molecule has 0 radical (unpaired) electrons. The first-order valence-corrected chi connectivity index (χ1v) is 11.4. The standard InChI is InChI=1S/C27H22Cl2FNO3/c1-27(2,3)17-9-7-15(8-10-17)23-22(24(32)16-5-4-6-18(28)13-16)25(33)26(34)31(23)19-11-12-21(30)20(29)14-19/h4-14,23,32H,1-3H3/b24-22+. The maximum atomic E-state index is 13.8. The first kappa shape index (κ1) is 24.0. The number of Topliss-reactive ketones (excluding diaryl/α,β-unsaturated/α-hetero) is 1. The third-order valence-corrected chi connectivity index (χ3v) is 6.34. The second-order valence-electron chi connectivity index (χ2n) is 9.15. The van der Waals surface area contributed by atoms with Crippen molar-refractivity contribution >= 4 is 46.3 Å². The van der Waals surface area contributed by atoms with Crippen LogP contribution in [0.3, 0.4) is 0 Å². The summed E-state index contributed by atoms with van der Waals surface area (Å²) in [6, 6.07) is 16.7. The van der Waals surface area contributed by atoms with Gasteiger partial charge in [-0.15, -0.1) is 0 Å². The number of amides is 1. The molecular formula is C27H22Cl2FNO3. The van der Waals surface area contributed by atoms with Crippen molar-refractivity contribution in [2.75, 3.05) is 4.90 Å². The van der Waals surface area contributed by atoms with Crippen molar-refractivity contribution in [2.24, 2.45) is 0 Å². The van der Waals surface area contributed by atoms with Gasteiger partial charge in [0.25, 0.3) is 11.7 Å². The van der Waals surface area contributed by atoms with Crippen LogP contribution < -0.4 is 4.90 Å². The van der Waals surface area contributed by atoms with E-state index in [4.69, 9.17) is 23.2 Å². The van der Waals surface area contributed by atoms with E-state index in [0.717, 1.165) is 11.6 Å². The fraction of sp³-hybridized carbons (Fsp3) is 0.185. The third kappa shape index (κ3) is 4.33. The molecule has 1 aliphatic rings. The molecule has 1 aliphatic heterocycles. The van der Waals surface area contributed by atoms with E-state index in [1.54, 1.807) is 18.2 Å². The van der Waals surface area contributed by atoms with Gasteiger partial charge in [0, 0.05) is 16.3 Å². The first-order valence-electron chi connectivity index (χ1n) is 10.6. The number of rotatable bonds is 3. The largest absolute Gasteiger partial charge is 0.507 e. The molecule has 1 fully saturated rings. The van der Waals surface area contributed by atoms with E-state index in [1.807, 2.05) is 24.3 Å². The van der Waals surface area contributed by atoms with Crippen molar-refractivity contribution in [3.8, 4) is 0 Å². The molecule has 3 aromatic carbocycles. The predicted octanol–water partition coefficient (Wildman–Crippen LogP) is 7.06. The zero-order chi connectivity index (χ0) is 24.8. The van der Waals surface area contributed by atoms with Gasteiger partial charge in [-0.3, -0.25) is 14.5 Å². The Morgan fingerprint density at radius 2 is 1.65 bits per heavy atom. The zero-order valence-electron chi connectivity index (χ0n) is 18.8. The van der Waals surface area contributed by atoms with Gasteiger partial charge in [0.05, 0.1) is 16.6 Å². The predicted molar refractivity (Wildman–Crippen MR) is 133 cm³/mol. The second kappa shape index (κ2) is 8.90. The summed E-state index contributed by atoms with van der Waals surface area (Å²) in [4.78, 5) is 27.6. The molecule has 1 saturated heterocycles. The molecule has 1 heterocycles. The highest BCUT2D eigenvalue weighted by Gasteiger charge is 2.47. The molecule has 1 amide bonds. The summed E-state index contributed by atoms with van der Waals surface area (Å²) in [5.74, 6) is -2.70. The van der Waals surface area contributed by atoms with Crippen LogP contribution in [0.15, 0.2) is 72.3 Å². The summed E-state index contributed by atoms with van der Waals surface area (Å²) < 4.78 is 13.8. The lowest BCUT2D eigenvalue weighted by atomic mass is 9.85. The number of carbonyl (C=O) groups excluding carboxylic acids is 2. The highest BCUT2D eigenvalue weighted by Crippen LogP contribution is 2.43. The lowest BCUT2D eigenvalue weighted by molar-refractivity contribution is -0.132. The van der Waals surface area contributed by atoms with Gasteiger partial charge in [0.15, 0.2) is 0 Å². The maximum Gasteiger partial charge on any atom is 0.300 e. The Kier molecular flexibility index (Phi) is 6.28. The molecular weight excluding hydrogens is 476 g/mol. The van der Waals surface area contributed by atoms with E-state index in [-0.39, 0.29) is 27.5 Å². The first-order chi connectivity index (χ1) is 16.0. The van der Waals surface area contributed by atoms with Crippen LogP contribution in [0.2, 0.25) is 10.0 Å². The molecule has 0 bridgehead atoms. The van der Waals surface area contributed by atoms with Crippen LogP contribution in [-0.4, -0.2) is 16.8 Å². The topological polar surface area (TPSA) is 57.6 Å². The third-order valence-electron chi connectivity index (χ3n) is 5.82. The normalized spacial score (nSPS) is 17.9. The fourth-order valence-corrected chi connectivity index (χ4v) is 4.37. The molecule has 3 aromatic rings. The fourth-order valence-electron chi connectivity index (χ4n) is 4.01. The molecule has 1 unspecified atom stereocenters. The van der Waals surface area contributed by atoms with Crippen LogP contribution in [0.4, 0.5) is 10.1 Å². The summed E-state index contributed by atoms with van der Waals surface area (Å²) in [7, 11) is 0. The van der Waals surface area contributed by atoms with Gasteiger partial charge in [-0.25, -0.2) is 4.39 Å². The number of aliphatic hydroxyl groups excluding tert-OH is 1. The lowest BCUT2D eigenvalue weighted by Gasteiger charge is -2.27. The molecule has 174 valence electrons. The van der Waals surface area contributed by atoms with Crippen LogP contribution in [0.1, 0.15) is 43.5 Å². The van der Waals surface area contributed by atoms with Gasteiger partial charge in [0.1, 0.15) is 11.6 Å². The smallest absolute Gasteiger partial charge is 0.300 e. The van der Waals surface area contributed by atoms with E-state index in [0.29, 0.717) is 16.1 Å². The Hall–Kier alpha value is -3.15. The van der Waals surface area contributed by atoms with E-state index in [2.05, 4.69) is 20.8 Å². The summed E-state index contributed by atoms with van der Waals surface area (Å²) in [6.07, 6.45) is 0. The van der Waals surface area contributed by atoms with Crippen LogP contribution in [0, 0.1) is 5.82 Å². The highest BCUT2D eigenvalue weighted by atomic mass is 35.5. The second-order valence-corrected chi connectivity index (χ2v) is 9.99. The van der Waals surface area contributed by atoms with Gasteiger partial charge >= 0.3 is 0 Å². The number of ketones is 1. The summed E-state index contributed by atoms with van der Waals surface area (Å²) in [5, 5.41) is 11.3. The van der Waals surface area contributed by atoms with Crippen molar-refractivity contribution < 1.29 is 19.1 Å². The van der Waals surface area contributed by atoms with Crippen LogP contribution >= 0.6 is 23.2 Å². The molecule has 4 nitrogen and oxygen atoms in total. The average Bonchev–Trinajstić information content (AvgIpc) is 3.05. The van der Waals surface area contributed by atoms with Gasteiger partial charge in [0.2, 0.25) is 0 Å². The molecule has 0 aromatic heterocycles. The number of anilines is 1. The molecule has 0 spiro atoms. The SMILES string of the molecule is CC(C)(C)c1ccc(C2/C(=C(\O)c3cccc(Cl)c3)C(=O)C(=O)N2c2ccc(F)c(Cl)c2)cc1. The number of halogens is 3. The van der Waals surface area contributed by atoms with Crippen molar-refractivity contribution in [1.29, 1.82) is 0 Å². The number of carbonyl (C=O) groups is 2. The summed E-state index contributed by atoms with van der Waals surface area (Å²) >= 11 is 12.1. The van der Waals surface area contributed by atoms with Crippen molar-refractivity contribution in [3.63, 3.8) is 0 Å². The minimum absolute atomic E-state index is 0.0868. The quantitative estimate of drug-likeness (QED) is 0.239. The van der Waals surface area contributed by atoms with E-state index >= 15 is 0 Å². The highest BCUT2D eigenvalue weighted by molar-refractivity contribution is 6.51. The maximum absolute atomic E-state index is 13.8. The molecule has 0 saturated carbocycles. The summed E-state index contributed by atoms with van der Waals surface area (Å²) in [5.41, 5.74) is 2.02. The van der Waals surface area contributed by atoms with Crippen molar-refractivity contribution in [1.82, 2.24) is 0 Å². The number of hydrogen-bond acceptors (Lipinski definition) is 3. The van der Waals surface area contributed by atoms with Gasteiger partial charge in [-0.2, -0.15) is 0 Å². The number of benzene rings is 3. The molecule has 7 heteroatoms. The summed E-state index contributed by atoms with van der Waals surface area (Å²) in [6.45, 7) is 6.23. The Balaban J connectivity index is 1.94. The van der Waals surface area contributed by atoms with E-state index < -0.39 is 23.5 Å². The molecule has 0 aliphatic carbocycles. The lowest BCUT2D eigenvalue weighted by Crippen LogP contribution is -2.29. The number of aliphatic hydroxyl groups is 1. The van der Waals surface area contributed by atoms with E-state index in [1.165, 1.54) is 23.1 Å². The Morgan fingerprint density at radius 1 is 0.971 bits per heavy atom. The van der Waals surface area contributed by atoms with E-state index in [9.17, 15) is 19.1 Å². The molecule has 34 heavy (non-hydrogen) atoms. The Morgan fingerprint density at radius 3 is 2.24 bits per heavy atom. The molecule has 1 N–H and O–H groups in total. The monoisotopic (exact) mass is 497 g/mol. The van der Waals surface area contributed by atoms with Crippen LogP contribution in [0.25, 0.3) is 5.76 Å². The van der Waals surface area contributed by atoms with Gasteiger partial charge in [-0.1, -0.05) is 80.4 Å². The van der Waals surface area contributed by atoms with Crippen LogP contribution in [0.5, 0.6) is 0 Å². The van der Waals surface area contributed by atoms with Gasteiger partial charge < -0.3 is 5.11 Å².